The van der Waals surface area contributed by atoms with Gasteiger partial charge in [0.1, 0.15) is 12.4 Å². The van der Waals surface area contributed by atoms with Crippen LogP contribution >= 0.6 is 0 Å². The van der Waals surface area contributed by atoms with E-state index in [1.807, 2.05) is 56.9 Å². The van der Waals surface area contributed by atoms with E-state index < -0.39 is 5.41 Å². The van der Waals surface area contributed by atoms with Crippen molar-refractivity contribution in [1.82, 2.24) is 19.7 Å². The van der Waals surface area contributed by atoms with Gasteiger partial charge in [0.25, 0.3) is 0 Å². The summed E-state index contributed by atoms with van der Waals surface area (Å²) in [6, 6.07) is 8.49. The monoisotopic (exact) mass is 446 g/mol. The summed E-state index contributed by atoms with van der Waals surface area (Å²) < 4.78 is 7.85. The van der Waals surface area contributed by atoms with Crippen LogP contribution in [-0.2, 0) is 0 Å². The van der Waals surface area contributed by atoms with Crippen LogP contribution in [0.1, 0.15) is 58.7 Å². The molecule has 2 heterocycles. The highest BCUT2D eigenvalue weighted by atomic mass is 16.5. The Hall–Kier alpha value is -3.40. The largest absolute Gasteiger partial charge is 0.492 e. The van der Waals surface area contributed by atoms with Crippen LogP contribution in [0.4, 0.5) is 11.6 Å². The third-order valence-corrected chi connectivity index (χ3v) is 5.82. The molecule has 1 unspecified atom stereocenters. The summed E-state index contributed by atoms with van der Waals surface area (Å²) in [7, 11) is 0. The van der Waals surface area contributed by atoms with Crippen molar-refractivity contribution in [3.05, 3.63) is 47.9 Å². The Kier molecular flexibility index (Phi) is 6.78. The van der Waals surface area contributed by atoms with E-state index in [1.54, 1.807) is 6.20 Å². The Labute approximate surface area is 196 Å². The SMILES string of the molecule is Cc1cc(-c2nc(Nc3cnn(C(C)C(C)(C)C)c3)ncc2C)ccc1OCC(C)(C)C#N. The van der Waals surface area contributed by atoms with Crippen molar-refractivity contribution in [3.63, 3.8) is 0 Å². The molecule has 0 aliphatic carbocycles. The molecule has 0 fully saturated rings. The maximum atomic E-state index is 9.20. The van der Waals surface area contributed by atoms with E-state index >= 15 is 0 Å². The van der Waals surface area contributed by atoms with E-state index in [0.29, 0.717) is 12.6 Å². The van der Waals surface area contributed by atoms with Gasteiger partial charge in [-0.3, -0.25) is 4.68 Å². The highest BCUT2D eigenvalue weighted by Gasteiger charge is 2.22. The molecule has 0 amide bonds. The zero-order chi connectivity index (χ0) is 24.4. The highest BCUT2D eigenvalue weighted by molar-refractivity contribution is 5.66. The molecule has 7 nitrogen and oxygen atoms in total. The number of aryl methyl sites for hydroxylation is 2. The second-order valence-corrected chi connectivity index (χ2v) is 10.4. The highest BCUT2D eigenvalue weighted by Crippen LogP contribution is 2.31. The average molecular weight is 447 g/mol. The molecule has 2 aromatic heterocycles. The summed E-state index contributed by atoms with van der Waals surface area (Å²) >= 11 is 0. The van der Waals surface area contributed by atoms with Crippen molar-refractivity contribution < 1.29 is 4.74 Å². The van der Waals surface area contributed by atoms with Crippen LogP contribution in [0, 0.1) is 36.0 Å². The van der Waals surface area contributed by atoms with E-state index in [4.69, 9.17) is 9.72 Å². The van der Waals surface area contributed by atoms with Crippen LogP contribution in [0.3, 0.4) is 0 Å². The van der Waals surface area contributed by atoms with Crippen LogP contribution in [0.5, 0.6) is 5.75 Å². The predicted octanol–water partition coefficient (Wildman–Crippen LogP) is 6.24. The molecule has 1 atom stereocenters. The van der Waals surface area contributed by atoms with Gasteiger partial charge >= 0.3 is 0 Å². The summed E-state index contributed by atoms with van der Waals surface area (Å²) in [6.07, 6.45) is 5.60. The first-order valence-corrected chi connectivity index (χ1v) is 11.2. The summed E-state index contributed by atoms with van der Waals surface area (Å²) in [4.78, 5) is 9.22. The molecule has 0 saturated heterocycles. The molecule has 0 aliphatic heterocycles. The predicted molar refractivity (Wildman–Crippen MR) is 132 cm³/mol. The van der Waals surface area contributed by atoms with Crippen LogP contribution in [0.15, 0.2) is 36.8 Å². The first kappa shape index (κ1) is 24.2. The minimum atomic E-state index is -0.534. The van der Waals surface area contributed by atoms with Gasteiger partial charge in [0.15, 0.2) is 0 Å². The first-order valence-electron chi connectivity index (χ1n) is 11.2. The van der Waals surface area contributed by atoms with Gasteiger partial charge in [-0.05, 0) is 69.4 Å². The van der Waals surface area contributed by atoms with Gasteiger partial charge in [-0.25, -0.2) is 9.97 Å². The third kappa shape index (κ3) is 5.89. The van der Waals surface area contributed by atoms with E-state index in [0.717, 1.165) is 33.8 Å². The maximum Gasteiger partial charge on any atom is 0.227 e. The lowest BCUT2D eigenvalue weighted by atomic mass is 9.88. The number of benzene rings is 1. The van der Waals surface area contributed by atoms with Crippen molar-refractivity contribution in [3.8, 4) is 23.1 Å². The smallest absolute Gasteiger partial charge is 0.227 e. The fraction of sp³-hybridized carbons (Fsp3) is 0.462. The second-order valence-electron chi connectivity index (χ2n) is 10.4. The lowest BCUT2D eigenvalue weighted by Crippen LogP contribution is -2.21. The number of hydrogen-bond donors (Lipinski definition) is 1. The van der Waals surface area contributed by atoms with Crippen LogP contribution < -0.4 is 10.1 Å². The molecular formula is C26H34N6O. The average Bonchev–Trinajstić information content (AvgIpc) is 3.21. The number of hydrogen-bond acceptors (Lipinski definition) is 6. The number of nitriles is 1. The zero-order valence-electron chi connectivity index (χ0n) is 20.9. The molecule has 0 bridgehead atoms. The number of nitrogens with zero attached hydrogens (tertiary/aromatic N) is 5. The Morgan fingerprint density at radius 1 is 1.12 bits per heavy atom. The lowest BCUT2D eigenvalue weighted by molar-refractivity contribution is 0.226. The second kappa shape index (κ2) is 9.22. The molecule has 3 rings (SSSR count). The van der Waals surface area contributed by atoms with Gasteiger partial charge in [0, 0.05) is 18.0 Å². The van der Waals surface area contributed by atoms with Crippen molar-refractivity contribution in [2.45, 2.75) is 61.4 Å². The molecule has 174 valence electrons. The molecule has 0 aliphatic rings. The van der Waals surface area contributed by atoms with E-state index in [9.17, 15) is 5.26 Å². The molecule has 1 N–H and O–H groups in total. The third-order valence-electron chi connectivity index (χ3n) is 5.82. The molecule has 3 aromatic rings. The molecular weight excluding hydrogens is 412 g/mol. The lowest BCUT2D eigenvalue weighted by Gasteiger charge is -2.27. The Bertz CT molecular complexity index is 1170. The molecule has 0 spiro atoms. The van der Waals surface area contributed by atoms with Gasteiger partial charge in [0.05, 0.1) is 35.1 Å². The van der Waals surface area contributed by atoms with Crippen LogP contribution in [0.2, 0.25) is 0 Å². The molecule has 33 heavy (non-hydrogen) atoms. The summed E-state index contributed by atoms with van der Waals surface area (Å²) in [6.45, 7) is 16.8. The van der Waals surface area contributed by atoms with Gasteiger partial charge in [-0.15, -0.1) is 0 Å². The van der Waals surface area contributed by atoms with E-state index in [1.165, 1.54) is 0 Å². The number of aromatic nitrogens is 4. The molecule has 0 saturated carbocycles. The Morgan fingerprint density at radius 3 is 2.48 bits per heavy atom. The van der Waals surface area contributed by atoms with Crippen molar-refractivity contribution in [2.75, 3.05) is 11.9 Å². The van der Waals surface area contributed by atoms with E-state index in [2.05, 4.69) is 55.2 Å². The quantitative estimate of drug-likeness (QED) is 0.462. The zero-order valence-corrected chi connectivity index (χ0v) is 20.9. The topological polar surface area (TPSA) is 88.7 Å². The van der Waals surface area contributed by atoms with Crippen molar-refractivity contribution >= 4 is 11.6 Å². The standard InChI is InChI=1S/C26H34N6O/c1-17-11-20(9-10-22(17)33-16-26(7,8)15-27)23-18(2)12-28-24(31-23)30-21-13-29-32(14-21)19(3)25(4,5)6/h9-14,19H,16H2,1-8H3,(H,28,30,31). The minimum absolute atomic E-state index is 0.106. The Balaban J connectivity index is 1.80. The Morgan fingerprint density at radius 2 is 1.85 bits per heavy atom. The summed E-state index contributed by atoms with van der Waals surface area (Å²) in [5, 5.41) is 17.0. The van der Waals surface area contributed by atoms with Crippen molar-refractivity contribution in [2.24, 2.45) is 10.8 Å². The van der Waals surface area contributed by atoms with Crippen molar-refractivity contribution in [1.29, 1.82) is 5.26 Å². The number of ether oxygens (including phenoxy) is 1. The fourth-order valence-corrected chi connectivity index (χ4v) is 3.18. The first-order chi connectivity index (χ1) is 15.4. The normalized spacial score (nSPS) is 12.8. The van der Waals surface area contributed by atoms with Crippen LogP contribution in [0.25, 0.3) is 11.3 Å². The fourth-order valence-electron chi connectivity index (χ4n) is 3.18. The van der Waals surface area contributed by atoms with Crippen LogP contribution in [-0.4, -0.2) is 26.4 Å². The van der Waals surface area contributed by atoms with Gasteiger partial charge < -0.3 is 10.1 Å². The van der Waals surface area contributed by atoms with Gasteiger partial charge in [0.2, 0.25) is 5.95 Å². The summed E-state index contributed by atoms with van der Waals surface area (Å²) in [5.41, 5.74) is 4.24. The van der Waals surface area contributed by atoms with Gasteiger partial charge in [-0.2, -0.15) is 10.4 Å². The molecule has 7 heteroatoms. The number of rotatable bonds is 7. The minimum Gasteiger partial charge on any atom is -0.492 e. The van der Waals surface area contributed by atoms with E-state index in [-0.39, 0.29) is 11.5 Å². The number of anilines is 2. The summed E-state index contributed by atoms with van der Waals surface area (Å²) in [5.74, 6) is 1.29. The van der Waals surface area contributed by atoms with Gasteiger partial charge in [-0.1, -0.05) is 20.8 Å². The maximum absolute atomic E-state index is 9.20. The number of nitrogens with one attached hydrogen (secondary N) is 1. The molecule has 0 radical (unpaired) electrons. The molecule has 1 aromatic carbocycles.